The summed E-state index contributed by atoms with van der Waals surface area (Å²) in [5, 5.41) is 0. The third-order valence-electron chi connectivity index (χ3n) is 8.09. The monoisotopic (exact) mass is 675 g/mol. The quantitative estimate of drug-likeness (QED) is 0.0924. The van der Waals surface area contributed by atoms with Crippen LogP contribution in [0.25, 0.3) is 0 Å². The van der Waals surface area contributed by atoms with E-state index in [1.807, 2.05) is 44.2 Å². The summed E-state index contributed by atoms with van der Waals surface area (Å²) >= 11 is 0. The number of halogens is 3. The number of rotatable bonds is 16. The molecule has 0 aromatic carbocycles. The van der Waals surface area contributed by atoms with E-state index in [0.29, 0.717) is 25.9 Å². The third-order valence-corrected chi connectivity index (χ3v) is 8.09. The molecule has 0 aromatic rings. The number of methoxy groups -OCH3 is 1. The van der Waals surface area contributed by atoms with Gasteiger partial charge in [0.2, 0.25) is 0 Å². The Labute approximate surface area is 284 Å². The second-order valence-electron chi connectivity index (χ2n) is 11.5. The molecule has 0 spiro atoms. The number of ether oxygens (including phenoxy) is 3. The predicted octanol–water partition coefficient (Wildman–Crippen LogP) is 8.82. The summed E-state index contributed by atoms with van der Waals surface area (Å²) in [6.07, 6.45) is 16.4. The van der Waals surface area contributed by atoms with Crippen LogP contribution in [-0.2, 0) is 19.0 Å². The first-order chi connectivity index (χ1) is 23.1. The van der Waals surface area contributed by atoms with Crippen molar-refractivity contribution < 1.29 is 37.0 Å². The van der Waals surface area contributed by atoms with Crippen molar-refractivity contribution in [2.24, 2.45) is 16.8 Å². The lowest BCUT2D eigenvalue weighted by Crippen LogP contribution is -2.39. The SMILES string of the molecule is CC.C\C=C(F)/C(F)=C(F)\C=C\C1OC(=O)N(CC2=NC(N3CCC3)=CC=C(/C=C/CC(CCC(C)/C=C/OC)C(=O)OCC)C2)C1C. The molecule has 266 valence electrons. The highest BCUT2D eigenvalue weighted by atomic mass is 19.2. The van der Waals surface area contributed by atoms with Crippen molar-refractivity contribution in [3.63, 3.8) is 0 Å². The van der Waals surface area contributed by atoms with Crippen LogP contribution in [0.4, 0.5) is 18.0 Å². The van der Waals surface area contributed by atoms with Gasteiger partial charge in [-0.15, -0.1) is 0 Å². The molecule has 8 nitrogen and oxygen atoms in total. The Kier molecular flexibility index (Phi) is 17.6. The van der Waals surface area contributed by atoms with Crippen molar-refractivity contribution in [3.8, 4) is 0 Å². The minimum Gasteiger partial charge on any atom is -0.505 e. The smallest absolute Gasteiger partial charge is 0.411 e. The number of allylic oxidation sites excluding steroid dienone is 11. The summed E-state index contributed by atoms with van der Waals surface area (Å²) in [5.41, 5.74) is 1.69. The Balaban J connectivity index is 0.00000392. The first kappa shape index (κ1) is 40.2. The molecule has 3 heterocycles. The average molecular weight is 676 g/mol. The van der Waals surface area contributed by atoms with Crippen LogP contribution >= 0.6 is 0 Å². The number of amides is 1. The highest BCUT2D eigenvalue weighted by molar-refractivity contribution is 5.92. The van der Waals surface area contributed by atoms with Gasteiger partial charge in [0, 0.05) is 25.2 Å². The van der Waals surface area contributed by atoms with Crippen LogP contribution in [0, 0.1) is 11.8 Å². The molecular formula is C37H52F3N3O5. The van der Waals surface area contributed by atoms with Crippen LogP contribution in [0.15, 0.2) is 88.7 Å². The predicted molar refractivity (Wildman–Crippen MR) is 184 cm³/mol. The zero-order valence-electron chi connectivity index (χ0n) is 29.4. The maximum absolute atomic E-state index is 14.1. The van der Waals surface area contributed by atoms with Gasteiger partial charge in [0.25, 0.3) is 0 Å². The van der Waals surface area contributed by atoms with E-state index in [1.54, 1.807) is 27.2 Å². The number of cyclic esters (lactones) is 1. The normalized spacial score (nSPS) is 21.8. The van der Waals surface area contributed by atoms with Gasteiger partial charge in [0.1, 0.15) is 11.9 Å². The van der Waals surface area contributed by atoms with Crippen molar-refractivity contribution in [1.82, 2.24) is 9.80 Å². The number of carbonyl (C=O) groups excluding carboxylic acids is 2. The first-order valence-electron chi connectivity index (χ1n) is 16.9. The molecule has 0 radical (unpaired) electrons. The van der Waals surface area contributed by atoms with Crippen LogP contribution < -0.4 is 0 Å². The Hall–Kier alpha value is -4.02. The molecule has 2 saturated heterocycles. The van der Waals surface area contributed by atoms with E-state index in [0.717, 1.165) is 55.2 Å². The van der Waals surface area contributed by atoms with Crippen LogP contribution in [0.3, 0.4) is 0 Å². The molecule has 0 aliphatic carbocycles. The third kappa shape index (κ3) is 12.2. The van der Waals surface area contributed by atoms with E-state index in [1.165, 1.54) is 17.9 Å². The molecule has 3 aliphatic rings. The largest absolute Gasteiger partial charge is 0.505 e. The van der Waals surface area contributed by atoms with Crippen molar-refractivity contribution in [1.29, 1.82) is 0 Å². The molecule has 48 heavy (non-hydrogen) atoms. The Morgan fingerprint density at radius 1 is 1.19 bits per heavy atom. The van der Waals surface area contributed by atoms with Gasteiger partial charge in [0.15, 0.2) is 17.5 Å². The van der Waals surface area contributed by atoms with Gasteiger partial charge in [-0.05, 0) is 88.3 Å². The maximum atomic E-state index is 14.1. The molecule has 4 atom stereocenters. The highest BCUT2D eigenvalue weighted by Gasteiger charge is 2.38. The van der Waals surface area contributed by atoms with Gasteiger partial charge < -0.3 is 19.1 Å². The number of nitrogens with zero attached hydrogens (tertiary/aromatic N) is 3. The molecule has 0 aromatic heterocycles. The number of hydrogen-bond acceptors (Lipinski definition) is 7. The minimum absolute atomic E-state index is 0.166. The zero-order chi connectivity index (χ0) is 35.6. The van der Waals surface area contributed by atoms with Crippen molar-refractivity contribution in [2.75, 3.05) is 33.4 Å². The van der Waals surface area contributed by atoms with Gasteiger partial charge in [-0.25, -0.2) is 23.0 Å². The highest BCUT2D eigenvalue weighted by Crippen LogP contribution is 2.27. The summed E-state index contributed by atoms with van der Waals surface area (Å²) in [6.45, 7) is 13.1. The second-order valence-corrected chi connectivity index (χ2v) is 11.5. The Morgan fingerprint density at radius 2 is 1.92 bits per heavy atom. The van der Waals surface area contributed by atoms with E-state index >= 15 is 0 Å². The van der Waals surface area contributed by atoms with Gasteiger partial charge in [0.05, 0.1) is 38.5 Å². The fourth-order valence-electron chi connectivity index (χ4n) is 5.12. The average Bonchev–Trinajstić information content (AvgIpc) is 3.19. The van der Waals surface area contributed by atoms with E-state index in [4.69, 9.17) is 19.2 Å². The number of carbonyl (C=O) groups is 2. The Morgan fingerprint density at radius 3 is 2.54 bits per heavy atom. The van der Waals surface area contributed by atoms with Crippen molar-refractivity contribution >= 4 is 17.8 Å². The lowest BCUT2D eigenvalue weighted by Gasteiger charge is -2.33. The molecule has 4 unspecified atom stereocenters. The maximum Gasteiger partial charge on any atom is 0.411 e. The summed E-state index contributed by atoms with van der Waals surface area (Å²) in [5.74, 6) is -3.76. The fraction of sp³-hybridized carbons (Fsp3) is 0.541. The van der Waals surface area contributed by atoms with E-state index < -0.39 is 35.7 Å². The summed E-state index contributed by atoms with van der Waals surface area (Å²) in [6, 6.07) is -0.511. The Bertz CT molecular complexity index is 1330. The van der Waals surface area contributed by atoms with Gasteiger partial charge in [-0.2, -0.15) is 0 Å². The van der Waals surface area contributed by atoms with Crippen LogP contribution in [0.1, 0.15) is 73.6 Å². The zero-order valence-corrected chi connectivity index (χ0v) is 29.4. The van der Waals surface area contributed by atoms with Gasteiger partial charge in [-0.1, -0.05) is 39.0 Å². The molecule has 3 rings (SSSR count). The molecule has 1 amide bonds. The summed E-state index contributed by atoms with van der Waals surface area (Å²) in [4.78, 5) is 34.1. The molecule has 11 heteroatoms. The minimum atomic E-state index is -1.61. The number of hydrogen-bond donors (Lipinski definition) is 0. The fourth-order valence-corrected chi connectivity index (χ4v) is 5.12. The molecule has 2 fully saturated rings. The standard InChI is InChI=1S/C35H46F3N3O5.C2H6/c1-6-29(36)33(38)30(37)15-16-31-25(4)41(35(43)46-31)23-28-22-26(13-17-32(39-28)40-19-9-20-40)10-8-11-27(34(42)45-7-2)14-12-24(3)18-21-44-5;1-2/h6,8,10,13,15-18,21,24-25,27,31H,7,9,11-12,14,19-20,22-23H2,1-5H3;1-2H3/b10-8+,16-15+,21-18+,29-6+,33-30-;. The molecule has 0 saturated carbocycles. The lowest BCUT2D eigenvalue weighted by atomic mass is 9.93. The van der Waals surface area contributed by atoms with E-state index in [-0.39, 0.29) is 24.3 Å². The summed E-state index contributed by atoms with van der Waals surface area (Å²) < 4.78 is 57.0. The molecular weight excluding hydrogens is 623 g/mol. The van der Waals surface area contributed by atoms with Gasteiger partial charge in [-0.3, -0.25) is 9.69 Å². The number of esters is 1. The van der Waals surface area contributed by atoms with Crippen molar-refractivity contribution in [3.05, 3.63) is 83.7 Å². The lowest BCUT2D eigenvalue weighted by molar-refractivity contribution is -0.148. The summed E-state index contributed by atoms with van der Waals surface area (Å²) in [7, 11) is 1.60. The molecule has 3 aliphatic heterocycles. The van der Waals surface area contributed by atoms with Crippen LogP contribution in [0.2, 0.25) is 0 Å². The molecule has 0 N–H and O–H groups in total. The van der Waals surface area contributed by atoms with Crippen molar-refractivity contribution in [2.45, 2.75) is 85.8 Å². The van der Waals surface area contributed by atoms with Crippen LogP contribution in [-0.4, -0.2) is 73.1 Å². The van der Waals surface area contributed by atoms with Crippen LogP contribution in [0.5, 0.6) is 0 Å². The molecule has 0 bridgehead atoms. The van der Waals surface area contributed by atoms with E-state index in [2.05, 4.69) is 11.8 Å². The number of likely N-dealkylation sites (tertiary alicyclic amines) is 1. The second kappa shape index (κ2) is 21.1. The number of aliphatic imine (C=N–C) groups is 1. The van der Waals surface area contributed by atoms with Gasteiger partial charge >= 0.3 is 12.1 Å². The first-order valence-corrected chi connectivity index (χ1v) is 16.9. The van der Waals surface area contributed by atoms with E-state index in [9.17, 15) is 22.8 Å². The topological polar surface area (TPSA) is 80.7 Å².